The molecule has 6 rings (SSSR count). The number of hydrogen-bond donors (Lipinski definition) is 3. The third-order valence-electron chi connectivity index (χ3n) is 12.2. The van der Waals surface area contributed by atoms with Crippen LogP contribution in [0.2, 0.25) is 0 Å². The minimum Gasteiger partial charge on any atom is -0.375 e. The van der Waals surface area contributed by atoms with Crippen molar-refractivity contribution in [3.8, 4) is 6.07 Å². The first-order valence-corrected chi connectivity index (χ1v) is 16.3. The second-order valence-electron chi connectivity index (χ2n) is 14.6. The summed E-state index contributed by atoms with van der Waals surface area (Å²) in [6, 6.07) is 4.50. The van der Waals surface area contributed by atoms with Gasteiger partial charge < -0.3 is 10.1 Å². The number of hydrogen-bond acceptors (Lipinski definition) is 5. The number of nitrogens with one attached hydrogen (secondary N) is 3. The number of nitriles is 1. The zero-order valence-corrected chi connectivity index (χ0v) is 23.7. The Hall–Kier alpha value is -0.670. The van der Waals surface area contributed by atoms with Gasteiger partial charge in [-0.05, 0) is 126 Å². The molecular formula is C32H54N4O. The molecular weight excluding hydrogens is 456 g/mol. The molecule has 0 aromatic rings. The van der Waals surface area contributed by atoms with Crippen LogP contribution in [0.4, 0.5) is 0 Å². The van der Waals surface area contributed by atoms with Gasteiger partial charge in [0.25, 0.3) is 0 Å². The summed E-state index contributed by atoms with van der Waals surface area (Å²) >= 11 is 0. The summed E-state index contributed by atoms with van der Waals surface area (Å²) in [5, 5.41) is 13.6. The fourth-order valence-electron chi connectivity index (χ4n) is 9.95. The van der Waals surface area contributed by atoms with Crippen molar-refractivity contribution in [3.05, 3.63) is 0 Å². The van der Waals surface area contributed by atoms with Crippen molar-refractivity contribution in [2.75, 3.05) is 6.54 Å². The Morgan fingerprint density at radius 1 is 0.703 bits per heavy atom. The van der Waals surface area contributed by atoms with Crippen molar-refractivity contribution < 1.29 is 4.74 Å². The van der Waals surface area contributed by atoms with Gasteiger partial charge in [-0.25, -0.2) is 0 Å². The van der Waals surface area contributed by atoms with Crippen LogP contribution in [0, 0.1) is 52.3 Å². The number of ether oxygens (including phenoxy) is 1. The SMILES string of the molecule is CC(C)(C#N)C1CCC(C2NNC3CNC4CCC(C5CCCC(OC6CCCCC6)C5)CC4C32)CC1. The van der Waals surface area contributed by atoms with E-state index < -0.39 is 0 Å². The second kappa shape index (κ2) is 11.4. The average Bonchev–Trinajstić information content (AvgIpc) is 3.38. The maximum atomic E-state index is 9.65. The van der Waals surface area contributed by atoms with Crippen molar-refractivity contribution >= 4 is 0 Å². The van der Waals surface area contributed by atoms with Gasteiger partial charge in [-0.2, -0.15) is 5.26 Å². The summed E-state index contributed by atoms with van der Waals surface area (Å²) in [5.41, 5.74) is 7.42. The predicted molar refractivity (Wildman–Crippen MR) is 149 cm³/mol. The molecule has 0 radical (unpaired) electrons. The second-order valence-corrected chi connectivity index (χ2v) is 14.6. The Balaban J connectivity index is 1.08. The summed E-state index contributed by atoms with van der Waals surface area (Å²) in [5.74, 6) is 4.67. The van der Waals surface area contributed by atoms with E-state index in [4.69, 9.17) is 4.74 Å². The molecule has 5 heteroatoms. The van der Waals surface area contributed by atoms with Gasteiger partial charge in [0.05, 0.1) is 23.7 Å². The summed E-state index contributed by atoms with van der Waals surface area (Å²) < 4.78 is 6.71. The highest BCUT2D eigenvalue weighted by Crippen LogP contribution is 2.49. The molecule has 5 nitrogen and oxygen atoms in total. The lowest BCUT2D eigenvalue weighted by atomic mass is 9.60. The van der Waals surface area contributed by atoms with E-state index in [0.29, 0.717) is 36.3 Å². The van der Waals surface area contributed by atoms with Crippen molar-refractivity contribution in [2.45, 2.75) is 147 Å². The van der Waals surface area contributed by atoms with E-state index in [2.05, 4.69) is 36.1 Å². The highest BCUT2D eigenvalue weighted by atomic mass is 16.5. The molecule has 0 amide bonds. The molecule has 8 unspecified atom stereocenters. The van der Waals surface area contributed by atoms with E-state index in [1.807, 2.05) is 0 Å². The van der Waals surface area contributed by atoms with Crippen LogP contribution in [0.3, 0.4) is 0 Å². The first kappa shape index (κ1) is 26.5. The van der Waals surface area contributed by atoms with Gasteiger partial charge in [-0.15, -0.1) is 0 Å². The molecule has 6 fully saturated rings. The average molecular weight is 511 g/mol. The van der Waals surface area contributed by atoms with Crippen LogP contribution < -0.4 is 16.2 Å². The fourth-order valence-corrected chi connectivity index (χ4v) is 9.95. The fraction of sp³-hybridized carbons (Fsp3) is 0.969. The summed E-state index contributed by atoms with van der Waals surface area (Å²) in [6.07, 6.45) is 22.6. The maximum Gasteiger partial charge on any atom is 0.0686 e. The summed E-state index contributed by atoms with van der Waals surface area (Å²) in [7, 11) is 0. The Morgan fingerprint density at radius 2 is 1.43 bits per heavy atom. The first-order chi connectivity index (χ1) is 18.0. The lowest BCUT2D eigenvalue weighted by Crippen LogP contribution is -2.58. The van der Waals surface area contributed by atoms with E-state index in [1.165, 1.54) is 103 Å². The quantitative estimate of drug-likeness (QED) is 0.417. The highest BCUT2D eigenvalue weighted by molar-refractivity contribution is 5.08. The molecule has 37 heavy (non-hydrogen) atoms. The minimum absolute atomic E-state index is 0.177. The molecule has 2 heterocycles. The molecule has 8 atom stereocenters. The molecule has 0 bridgehead atoms. The first-order valence-electron chi connectivity index (χ1n) is 16.3. The third-order valence-corrected chi connectivity index (χ3v) is 12.2. The smallest absolute Gasteiger partial charge is 0.0686 e. The zero-order chi connectivity index (χ0) is 25.4. The summed E-state index contributed by atoms with van der Waals surface area (Å²) in [6.45, 7) is 5.43. The molecule has 2 saturated heterocycles. The van der Waals surface area contributed by atoms with Gasteiger partial charge in [-0.1, -0.05) is 25.7 Å². The molecule has 0 aromatic heterocycles. The normalized spacial score (nSPS) is 45.5. The van der Waals surface area contributed by atoms with Gasteiger partial charge in [-0.3, -0.25) is 10.9 Å². The van der Waals surface area contributed by atoms with Gasteiger partial charge in [0, 0.05) is 24.7 Å². The van der Waals surface area contributed by atoms with Gasteiger partial charge >= 0.3 is 0 Å². The van der Waals surface area contributed by atoms with Crippen molar-refractivity contribution in [1.29, 1.82) is 5.26 Å². The zero-order valence-electron chi connectivity index (χ0n) is 23.7. The predicted octanol–water partition coefficient (Wildman–Crippen LogP) is 6.10. The van der Waals surface area contributed by atoms with E-state index in [9.17, 15) is 5.26 Å². The van der Waals surface area contributed by atoms with Crippen LogP contribution in [-0.4, -0.2) is 36.9 Å². The molecule has 0 spiro atoms. The van der Waals surface area contributed by atoms with Gasteiger partial charge in [0.15, 0.2) is 0 Å². The Morgan fingerprint density at radius 3 is 2.22 bits per heavy atom. The van der Waals surface area contributed by atoms with Crippen LogP contribution in [0.25, 0.3) is 0 Å². The van der Waals surface area contributed by atoms with Crippen molar-refractivity contribution in [3.63, 3.8) is 0 Å². The van der Waals surface area contributed by atoms with Crippen molar-refractivity contribution in [2.24, 2.45) is 40.9 Å². The highest BCUT2D eigenvalue weighted by Gasteiger charge is 2.52. The number of rotatable bonds is 5. The largest absolute Gasteiger partial charge is 0.375 e. The Kier molecular flexibility index (Phi) is 8.21. The lowest BCUT2D eigenvalue weighted by molar-refractivity contribution is -0.0646. The minimum atomic E-state index is -0.177. The Bertz CT molecular complexity index is 795. The monoisotopic (exact) mass is 510 g/mol. The number of fused-ring (bicyclic) bond motifs is 3. The van der Waals surface area contributed by atoms with Crippen LogP contribution in [-0.2, 0) is 4.74 Å². The number of hydrazine groups is 1. The van der Waals surface area contributed by atoms with Crippen LogP contribution in [0.1, 0.15) is 117 Å². The molecule has 2 aliphatic heterocycles. The molecule has 6 aliphatic rings. The van der Waals surface area contributed by atoms with Crippen molar-refractivity contribution in [1.82, 2.24) is 16.2 Å². The van der Waals surface area contributed by atoms with Crippen LogP contribution in [0.15, 0.2) is 0 Å². The molecule has 4 aliphatic carbocycles. The molecule has 3 N–H and O–H groups in total. The van der Waals surface area contributed by atoms with E-state index in [-0.39, 0.29) is 5.41 Å². The van der Waals surface area contributed by atoms with E-state index >= 15 is 0 Å². The van der Waals surface area contributed by atoms with Gasteiger partial charge in [0.1, 0.15) is 0 Å². The topological polar surface area (TPSA) is 69.1 Å². The Labute approximate surface area is 226 Å². The molecule has 208 valence electrons. The van der Waals surface area contributed by atoms with E-state index in [1.54, 1.807) is 0 Å². The van der Waals surface area contributed by atoms with Gasteiger partial charge in [0.2, 0.25) is 0 Å². The number of nitrogens with zero attached hydrogens (tertiary/aromatic N) is 1. The van der Waals surface area contributed by atoms with E-state index in [0.717, 1.165) is 36.1 Å². The number of piperidine rings is 1. The standard InChI is InChI=1S/C32H54N4O/c1-32(2,20-33)24-14-11-21(12-15-24)31-30-27-18-23(13-16-28(27)34-19-29(30)35-36-31)22-7-6-10-26(17-22)37-25-8-4-3-5-9-25/h21-31,34-36H,3-19H2,1-2H3. The third kappa shape index (κ3) is 5.65. The maximum absolute atomic E-state index is 9.65. The van der Waals surface area contributed by atoms with Crippen LogP contribution in [0.5, 0.6) is 0 Å². The molecule has 0 aromatic carbocycles. The summed E-state index contributed by atoms with van der Waals surface area (Å²) in [4.78, 5) is 0. The van der Waals surface area contributed by atoms with Crippen LogP contribution >= 0.6 is 0 Å². The lowest BCUT2D eigenvalue weighted by Gasteiger charge is -2.50. The molecule has 4 saturated carbocycles.